The molecule has 2 rings (SSSR count). The summed E-state index contributed by atoms with van der Waals surface area (Å²) in [4.78, 5) is 0. The Morgan fingerprint density at radius 3 is 3.00 bits per heavy atom. The van der Waals surface area contributed by atoms with Gasteiger partial charge in [-0.15, -0.1) is 0 Å². The molecule has 2 aromatic rings. The quantitative estimate of drug-likeness (QED) is 0.638. The molecule has 0 atom stereocenters. The molecule has 0 aliphatic heterocycles. The van der Waals surface area contributed by atoms with Gasteiger partial charge in [-0.25, -0.2) is 4.39 Å². The van der Waals surface area contributed by atoms with Crippen LogP contribution in [-0.4, -0.2) is 4.57 Å². The van der Waals surface area contributed by atoms with Gasteiger partial charge in [-0.2, -0.15) is 0 Å². The van der Waals surface area contributed by atoms with E-state index in [0.717, 1.165) is 17.4 Å². The van der Waals surface area contributed by atoms with Crippen LogP contribution in [0.4, 0.5) is 4.39 Å². The lowest BCUT2D eigenvalue weighted by atomic mass is 10.2. The molecule has 0 aliphatic rings. The van der Waals surface area contributed by atoms with E-state index in [9.17, 15) is 4.39 Å². The molecule has 0 amide bonds. The fraction of sp³-hybridized carbons (Fsp3) is 0.167. The lowest BCUT2D eigenvalue weighted by Crippen LogP contribution is -1.92. The molecule has 72 valence electrons. The van der Waals surface area contributed by atoms with Gasteiger partial charge in [0.1, 0.15) is 5.82 Å². The van der Waals surface area contributed by atoms with E-state index < -0.39 is 0 Å². The van der Waals surface area contributed by atoms with Crippen molar-refractivity contribution in [2.75, 3.05) is 0 Å². The summed E-state index contributed by atoms with van der Waals surface area (Å²) in [5.74, 6) is -0.182. The first-order valence-corrected chi connectivity index (χ1v) is 4.67. The minimum absolute atomic E-state index is 0.182. The van der Waals surface area contributed by atoms with Crippen molar-refractivity contribution in [3.05, 3.63) is 48.4 Å². The minimum atomic E-state index is -0.182. The third kappa shape index (κ3) is 1.55. The van der Waals surface area contributed by atoms with Crippen molar-refractivity contribution in [1.29, 1.82) is 0 Å². The number of hydrogen-bond acceptors (Lipinski definition) is 0. The molecule has 1 aromatic carbocycles. The largest absolute Gasteiger partial charge is 0.344 e. The first kappa shape index (κ1) is 9.00. The summed E-state index contributed by atoms with van der Waals surface area (Å²) >= 11 is 0. The smallest absolute Gasteiger partial charge is 0.125 e. The van der Waals surface area contributed by atoms with Crippen molar-refractivity contribution < 1.29 is 4.39 Å². The standard InChI is InChI=1S/C12H12FN/c1-2-3-7-14-8-6-10-4-5-11(13)9-12(10)14/h2-6,8-9H,7H2,1H3/b3-2+. The Labute approximate surface area is 82.5 Å². The highest BCUT2D eigenvalue weighted by Crippen LogP contribution is 2.16. The van der Waals surface area contributed by atoms with E-state index in [1.54, 1.807) is 12.1 Å². The summed E-state index contributed by atoms with van der Waals surface area (Å²) in [5.41, 5.74) is 0.947. The number of rotatable bonds is 2. The molecule has 0 spiro atoms. The number of allylic oxidation sites excluding steroid dienone is 2. The van der Waals surface area contributed by atoms with Crippen LogP contribution in [0.25, 0.3) is 10.9 Å². The summed E-state index contributed by atoms with van der Waals surface area (Å²) in [6, 6.07) is 6.86. The van der Waals surface area contributed by atoms with Crippen molar-refractivity contribution in [2.24, 2.45) is 0 Å². The lowest BCUT2D eigenvalue weighted by molar-refractivity contribution is 0.628. The van der Waals surface area contributed by atoms with Gasteiger partial charge in [0.25, 0.3) is 0 Å². The maximum Gasteiger partial charge on any atom is 0.125 e. The Balaban J connectivity index is 2.49. The van der Waals surface area contributed by atoms with Crippen molar-refractivity contribution >= 4 is 10.9 Å². The zero-order valence-corrected chi connectivity index (χ0v) is 8.07. The van der Waals surface area contributed by atoms with Gasteiger partial charge in [0.15, 0.2) is 0 Å². The number of hydrogen-bond donors (Lipinski definition) is 0. The normalized spacial score (nSPS) is 11.6. The van der Waals surface area contributed by atoms with E-state index >= 15 is 0 Å². The van der Waals surface area contributed by atoms with Crippen LogP contribution < -0.4 is 0 Å². The average Bonchev–Trinajstić information content (AvgIpc) is 2.57. The second-order valence-corrected chi connectivity index (χ2v) is 3.24. The Morgan fingerprint density at radius 2 is 2.21 bits per heavy atom. The topological polar surface area (TPSA) is 4.93 Å². The van der Waals surface area contributed by atoms with Gasteiger partial charge >= 0.3 is 0 Å². The van der Waals surface area contributed by atoms with E-state index in [0.29, 0.717) is 0 Å². The van der Waals surface area contributed by atoms with E-state index in [4.69, 9.17) is 0 Å². The van der Waals surface area contributed by atoms with Crippen LogP contribution in [0.15, 0.2) is 42.6 Å². The van der Waals surface area contributed by atoms with Crippen LogP contribution in [0.5, 0.6) is 0 Å². The van der Waals surface area contributed by atoms with Crippen molar-refractivity contribution in [3.8, 4) is 0 Å². The monoisotopic (exact) mass is 189 g/mol. The van der Waals surface area contributed by atoms with Crippen LogP contribution in [0.1, 0.15) is 6.92 Å². The summed E-state index contributed by atoms with van der Waals surface area (Å²) in [6.45, 7) is 2.77. The Kier molecular flexibility index (Phi) is 2.35. The van der Waals surface area contributed by atoms with E-state index in [1.165, 1.54) is 6.07 Å². The second kappa shape index (κ2) is 3.66. The zero-order chi connectivity index (χ0) is 9.97. The molecule has 2 heteroatoms. The Morgan fingerprint density at radius 1 is 1.36 bits per heavy atom. The lowest BCUT2D eigenvalue weighted by Gasteiger charge is -2.00. The second-order valence-electron chi connectivity index (χ2n) is 3.24. The van der Waals surface area contributed by atoms with Gasteiger partial charge in [-0.3, -0.25) is 0 Å². The zero-order valence-electron chi connectivity index (χ0n) is 8.07. The molecule has 0 saturated heterocycles. The van der Waals surface area contributed by atoms with Gasteiger partial charge < -0.3 is 4.57 Å². The fourth-order valence-electron chi connectivity index (χ4n) is 1.54. The number of fused-ring (bicyclic) bond motifs is 1. The average molecular weight is 189 g/mol. The summed E-state index contributed by atoms with van der Waals surface area (Å²) in [7, 11) is 0. The van der Waals surface area contributed by atoms with E-state index in [2.05, 4.69) is 0 Å². The number of nitrogens with zero attached hydrogens (tertiary/aromatic N) is 1. The van der Waals surface area contributed by atoms with Crippen molar-refractivity contribution in [3.63, 3.8) is 0 Å². The third-order valence-corrected chi connectivity index (χ3v) is 2.27. The minimum Gasteiger partial charge on any atom is -0.344 e. The number of aromatic nitrogens is 1. The number of halogens is 1. The van der Waals surface area contributed by atoms with Gasteiger partial charge in [-0.1, -0.05) is 12.2 Å². The summed E-state index contributed by atoms with van der Waals surface area (Å²) in [6.07, 6.45) is 6.01. The van der Waals surface area contributed by atoms with E-state index in [1.807, 2.05) is 35.9 Å². The first-order valence-electron chi connectivity index (χ1n) is 4.67. The molecule has 0 N–H and O–H groups in total. The molecule has 0 aliphatic carbocycles. The van der Waals surface area contributed by atoms with Crippen LogP contribution in [0.2, 0.25) is 0 Å². The molecule has 0 bridgehead atoms. The Bertz CT molecular complexity index is 468. The van der Waals surface area contributed by atoms with E-state index in [-0.39, 0.29) is 5.82 Å². The highest BCUT2D eigenvalue weighted by atomic mass is 19.1. The maximum atomic E-state index is 13.0. The predicted octanol–water partition coefficient (Wildman–Crippen LogP) is 3.36. The summed E-state index contributed by atoms with van der Waals surface area (Å²) < 4.78 is 15.0. The Hall–Kier alpha value is -1.57. The fourth-order valence-corrected chi connectivity index (χ4v) is 1.54. The molecule has 14 heavy (non-hydrogen) atoms. The van der Waals surface area contributed by atoms with Gasteiger partial charge in [0.2, 0.25) is 0 Å². The van der Waals surface area contributed by atoms with Crippen LogP contribution >= 0.6 is 0 Å². The third-order valence-electron chi connectivity index (χ3n) is 2.27. The van der Waals surface area contributed by atoms with Gasteiger partial charge in [0, 0.05) is 12.7 Å². The molecule has 0 saturated carbocycles. The predicted molar refractivity (Wildman–Crippen MR) is 56.7 cm³/mol. The highest BCUT2D eigenvalue weighted by Gasteiger charge is 2.00. The van der Waals surface area contributed by atoms with Crippen LogP contribution in [0.3, 0.4) is 0 Å². The molecule has 0 fully saturated rings. The molecule has 0 radical (unpaired) electrons. The molecule has 1 nitrogen and oxygen atoms in total. The maximum absolute atomic E-state index is 13.0. The van der Waals surface area contributed by atoms with Crippen LogP contribution in [0, 0.1) is 5.82 Å². The van der Waals surface area contributed by atoms with Gasteiger partial charge in [-0.05, 0) is 36.6 Å². The molecule has 1 heterocycles. The van der Waals surface area contributed by atoms with Crippen molar-refractivity contribution in [2.45, 2.75) is 13.5 Å². The molecular formula is C12H12FN. The SMILES string of the molecule is C/C=C/Cn1ccc2ccc(F)cc21. The molecule has 0 unspecified atom stereocenters. The van der Waals surface area contributed by atoms with Crippen LogP contribution in [-0.2, 0) is 6.54 Å². The number of benzene rings is 1. The van der Waals surface area contributed by atoms with Gasteiger partial charge in [0.05, 0.1) is 5.52 Å². The highest BCUT2D eigenvalue weighted by molar-refractivity contribution is 5.80. The summed E-state index contributed by atoms with van der Waals surface area (Å²) in [5, 5.41) is 1.08. The van der Waals surface area contributed by atoms with Crippen molar-refractivity contribution in [1.82, 2.24) is 4.57 Å². The molecular weight excluding hydrogens is 177 g/mol. The molecule has 1 aromatic heterocycles. The first-order chi connectivity index (χ1) is 6.81.